The fraction of sp³-hybridized carbons (Fsp3) is 0.550. The molecule has 1 amide bonds. The number of benzene rings is 1. The molecule has 3 rings (SSSR count). The summed E-state index contributed by atoms with van der Waals surface area (Å²) in [5.74, 6) is 1.47. The number of ether oxygens (including phenoxy) is 1. The van der Waals surface area contributed by atoms with E-state index in [4.69, 9.17) is 4.74 Å². The molecule has 0 radical (unpaired) electrons. The molecule has 2 aliphatic rings. The smallest absolute Gasteiger partial charge is 0.220 e. The van der Waals surface area contributed by atoms with E-state index in [0.717, 1.165) is 31.7 Å². The fourth-order valence-corrected chi connectivity index (χ4v) is 3.72. The van der Waals surface area contributed by atoms with Crippen LogP contribution in [0.1, 0.15) is 43.7 Å². The highest BCUT2D eigenvalue weighted by atomic mass is 16.5. The standard InChI is InChI=1S/C20H28N2O2/c1-24-18-10-8-17(9-11-18)19(22-12-4-5-13-22)15-21-20(23)14-16-6-2-3-7-16/h2,6,8-11,16,19H,3-5,7,12-15H2,1H3,(H,21,23). The summed E-state index contributed by atoms with van der Waals surface area (Å²) >= 11 is 0. The molecule has 2 atom stereocenters. The van der Waals surface area contributed by atoms with Crippen LogP contribution in [0, 0.1) is 5.92 Å². The van der Waals surface area contributed by atoms with E-state index in [1.807, 2.05) is 12.1 Å². The van der Waals surface area contributed by atoms with Gasteiger partial charge in [0.15, 0.2) is 0 Å². The topological polar surface area (TPSA) is 41.6 Å². The van der Waals surface area contributed by atoms with Gasteiger partial charge in [-0.2, -0.15) is 0 Å². The third-order valence-electron chi connectivity index (χ3n) is 5.13. The van der Waals surface area contributed by atoms with Crippen LogP contribution in [0.5, 0.6) is 5.75 Å². The lowest BCUT2D eigenvalue weighted by molar-refractivity contribution is -0.121. The molecule has 0 aromatic heterocycles. The summed E-state index contributed by atoms with van der Waals surface area (Å²) in [6.45, 7) is 2.90. The van der Waals surface area contributed by atoms with Gasteiger partial charge in [-0.1, -0.05) is 24.3 Å². The Balaban J connectivity index is 1.61. The summed E-state index contributed by atoms with van der Waals surface area (Å²) in [7, 11) is 1.69. The maximum absolute atomic E-state index is 12.3. The minimum atomic E-state index is 0.171. The van der Waals surface area contributed by atoms with Crippen LogP contribution in [-0.4, -0.2) is 37.6 Å². The lowest BCUT2D eigenvalue weighted by Gasteiger charge is -2.28. The number of methoxy groups -OCH3 is 1. The van der Waals surface area contributed by atoms with Crippen molar-refractivity contribution in [1.29, 1.82) is 0 Å². The summed E-state index contributed by atoms with van der Waals surface area (Å²) in [5.41, 5.74) is 1.25. The van der Waals surface area contributed by atoms with Crippen molar-refractivity contribution < 1.29 is 9.53 Å². The van der Waals surface area contributed by atoms with Crippen LogP contribution in [0.15, 0.2) is 36.4 Å². The first-order valence-corrected chi connectivity index (χ1v) is 9.07. The summed E-state index contributed by atoms with van der Waals surface area (Å²) in [6.07, 6.45) is 9.69. The Morgan fingerprint density at radius 1 is 1.29 bits per heavy atom. The van der Waals surface area contributed by atoms with Crippen molar-refractivity contribution in [1.82, 2.24) is 10.2 Å². The Morgan fingerprint density at radius 3 is 2.67 bits per heavy atom. The molecule has 1 fully saturated rings. The maximum Gasteiger partial charge on any atom is 0.220 e. The van der Waals surface area contributed by atoms with Crippen molar-refractivity contribution >= 4 is 5.91 Å². The monoisotopic (exact) mass is 328 g/mol. The van der Waals surface area contributed by atoms with E-state index in [1.165, 1.54) is 18.4 Å². The van der Waals surface area contributed by atoms with Crippen LogP contribution in [0.25, 0.3) is 0 Å². The third-order valence-corrected chi connectivity index (χ3v) is 5.13. The predicted octanol–water partition coefficient (Wildman–Crippen LogP) is 3.30. The SMILES string of the molecule is COc1ccc(C(CNC(=O)CC2C=CCC2)N2CCCC2)cc1. The number of carbonyl (C=O) groups is 1. The normalized spacial score (nSPS) is 21.8. The first-order chi connectivity index (χ1) is 11.8. The van der Waals surface area contributed by atoms with Gasteiger partial charge in [0.25, 0.3) is 0 Å². The minimum absolute atomic E-state index is 0.171. The van der Waals surface area contributed by atoms with Gasteiger partial charge in [0.05, 0.1) is 13.2 Å². The van der Waals surface area contributed by atoms with E-state index in [0.29, 0.717) is 18.9 Å². The van der Waals surface area contributed by atoms with Gasteiger partial charge in [-0.05, 0) is 62.4 Å². The summed E-state index contributed by atoms with van der Waals surface area (Å²) in [4.78, 5) is 14.8. The van der Waals surface area contributed by atoms with E-state index in [-0.39, 0.29) is 11.9 Å². The third kappa shape index (κ3) is 4.38. The molecule has 1 aliphatic carbocycles. The summed E-state index contributed by atoms with van der Waals surface area (Å²) in [5, 5.41) is 3.17. The molecule has 4 heteroatoms. The molecule has 1 saturated heterocycles. The Labute approximate surface area is 144 Å². The van der Waals surface area contributed by atoms with Gasteiger partial charge < -0.3 is 10.1 Å². The van der Waals surface area contributed by atoms with Crippen LogP contribution in [0.4, 0.5) is 0 Å². The van der Waals surface area contributed by atoms with Crippen molar-refractivity contribution in [2.75, 3.05) is 26.7 Å². The Morgan fingerprint density at radius 2 is 2.04 bits per heavy atom. The molecule has 130 valence electrons. The molecule has 2 unspecified atom stereocenters. The Kier molecular flexibility index (Phi) is 5.91. The number of hydrogen-bond acceptors (Lipinski definition) is 3. The lowest BCUT2D eigenvalue weighted by atomic mass is 10.0. The van der Waals surface area contributed by atoms with Crippen molar-refractivity contribution in [3.8, 4) is 5.75 Å². The highest BCUT2D eigenvalue weighted by Crippen LogP contribution is 2.26. The van der Waals surface area contributed by atoms with Gasteiger partial charge in [0.1, 0.15) is 5.75 Å². The second-order valence-corrected chi connectivity index (χ2v) is 6.81. The van der Waals surface area contributed by atoms with Crippen LogP contribution in [-0.2, 0) is 4.79 Å². The zero-order chi connectivity index (χ0) is 16.8. The number of likely N-dealkylation sites (tertiary alicyclic amines) is 1. The van der Waals surface area contributed by atoms with Gasteiger partial charge in [0, 0.05) is 13.0 Å². The molecular formula is C20H28N2O2. The van der Waals surface area contributed by atoms with Crippen molar-refractivity contribution in [3.05, 3.63) is 42.0 Å². The molecule has 0 bridgehead atoms. The number of rotatable bonds is 7. The van der Waals surface area contributed by atoms with Gasteiger partial charge in [-0.25, -0.2) is 0 Å². The van der Waals surface area contributed by atoms with Crippen molar-refractivity contribution in [3.63, 3.8) is 0 Å². The molecule has 24 heavy (non-hydrogen) atoms. The molecule has 1 aromatic carbocycles. The minimum Gasteiger partial charge on any atom is -0.497 e. The predicted molar refractivity (Wildman–Crippen MR) is 96.0 cm³/mol. The molecule has 1 N–H and O–H groups in total. The maximum atomic E-state index is 12.3. The summed E-state index contributed by atoms with van der Waals surface area (Å²) < 4.78 is 5.26. The zero-order valence-corrected chi connectivity index (χ0v) is 14.5. The van der Waals surface area contributed by atoms with Gasteiger partial charge in [-0.3, -0.25) is 9.69 Å². The van der Waals surface area contributed by atoms with Crippen molar-refractivity contribution in [2.24, 2.45) is 5.92 Å². The number of hydrogen-bond donors (Lipinski definition) is 1. The van der Waals surface area contributed by atoms with E-state index < -0.39 is 0 Å². The highest BCUT2D eigenvalue weighted by molar-refractivity contribution is 5.76. The van der Waals surface area contributed by atoms with Crippen molar-refractivity contribution in [2.45, 2.75) is 38.1 Å². The highest BCUT2D eigenvalue weighted by Gasteiger charge is 2.24. The largest absolute Gasteiger partial charge is 0.497 e. The molecule has 1 aliphatic heterocycles. The number of nitrogens with one attached hydrogen (secondary N) is 1. The lowest BCUT2D eigenvalue weighted by Crippen LogP contribution is -2.37. The quantitative estimate of drug-likeness (QED) is 0.781. The van der Waals surface area contributed by atoms with E-state index >= 15 is 0 Å². The van der Waals surface area contributed by atoms with Gasteiger partial charge in [-0.15, -0.1) is 0 Å². The first-order valence-electron chi connectivity index (χ1n) is 9.07. The Bertz CT molecular complexity index is 562. The van der Waals surface area contributed by atoms with E-state index in [9.17, 15) is 4.79 Å². The second kappa shape index (κ2) is 8.34. The average molecular weight is 328 g/mol. The van der Waals surface area contributed by atoms with Crippen LogP contribution in [0.3, 0.4) is 0 Å². The van der Waals surface area contributed by atoms with Gasteiger partial charge >= 0.3 is 0 Å². The first kappa shape index (κ1) is 17.0. The molecular weight excluding hydrogens is 300 g/mol. The number of amides is 1. The van der Waals surface area contributed by atoms with Gasteiger partial charge in [0.2, 0.25) is 5.91 Å². The number of carbonyl (C=O) groups excluding carboxylic acids is 1. The van der Waals surface area contributed by atoms with E-state index in [1.54, 1.807) is 7.11 Å². The van der Waals surface area contributed by atoms with Crippen LogP contribution < -0.4 is 10.1 Å². The number of allylic oxidation sites excluding steroid dienone is 2. The molecule has 4 nitrogen and oxygen atoms in total. The zero-order valence-electron chi connectivity index (χ0n) is 14.5. The van der Waals surface area contributed by atoms with E-state index in [2.05, 4.69) is 34.5 Å². The Hall–Kier alpha value is -1.81. The fourth-order valence-electron chi connectivity index (χ4n) is 3.72. The average Bonchev–Trinajstić information content (AvgIpc) is 3.30. The van der Waals surface area contributed by atoms with Crippen LogP contribution >= 0.6 is 0 Å². The second-order valence-electron chi connectivity index (χ2n) is 6.81. The van der Waals surface area contributed by atoms with Crippen LogP contribution in [0.2, 0.25) is 0 Å². The molecule has 0 saturated carbocycles. The molecule has 1 aromatic rings. The molecule has 1 heterocycles. The molecule has 0 spiro atoms. The number of nitrogens with zero attached hydrogens (tertiary/aromatic N) is 1. The summed E-state index contributed by atoms with van der Waals surface area (Å²) in [6, 6.07) is 8.50.